The summed E-state index contributed by atoms with van der Waals surface area (Å²) in [6.45, 7) is 9.43. The number of aryl methyl sites for hydroxylation is 1. The molecule has 0 aliphatic heterocycles. The predicted molar refractivity (Wildman–Crippen MR) is 89.3 cm³/mol. The Morgan fingerprint density at radius 1 is 1.05 bits per heavy atom. The standard InChI is InChI=1S/C19H31N/c1-5-8-15-9-6-7-10-18(15)20-17-13-11-16(12-14-17)19(2,3)4/h6-7,9-10,16-17,20H,5,8,11-14H2,1-4H3. The van der Waals surface area contributed by atoms with Gasteiger partial charge in [-0.1, -0.05) is 52.3 Å². The van der Waals surface area contributed by atoms with Crippen LogP contribution < -0.4 is 5.32 Å². The van der Waals surface area contributed by atoms with Crippen molar-refractivity contribution in [1.82, 2.24) is 0 Å². The predicted octanol–water partition coefficient (Wildman–Crippen LogP) is 5.66. The lowest BCUT2D eigenvalue weighted by atomic mass is 9.71. The van der Waals surface area contributed by atoms with E-state index in [1.165, 1.54) is 49.8 Å². The topological polar surface area (TPSA) is 12.0 Å². The average molecular weight is 273 g/mol. The van der Waals surface area contributed by atoms with E-state index in [1.54, 1.807) is 0 Å². The molecule has 112 valence electrons. The first-order valence-electron chi connectivity index (χ1n) is 8.35. The normalized spacial score (nSPS) is 23.6. The first-order chi connectivity index (χ1) is 9.50. The van der Waals surface area contributed by atoms with Crippen molar-refractivity contribution in [3.8, 4) is 0 Å². The van der Waals surface area contributed by atoms with E-state index >= 15 is 0 Å². The molecule has 1 aliphatic carbocycles. The van der Waals surface area contributed by atoms with Gasteiger partial charge in [0.15, 0.2) is 0 Å². The lowest BCUT2D eigenvalue weighted by Crippen LogP contribution is -2.31. The van der Waals surface area contributed by atoms with Crippen molar-refractivity contribution in [2.45, 2.75) is 72.3 Å². The Labute approximate surface area is 125 Å². The minimum absolute atomic E-state index is 0.477. The molecule has 0 heterocycles. The summed E-state index contributed by atoms with van der Waals surface area (Å²) < 4.78 is 0. The van der Waals surface area contributed by atoms with Crippen molar-refractivity contribution < 1.29 is 0 Å². The lowest BCUT2D eigenvalue weighted by molar-refractivity contribution is 0.173. The lowest BCUT2D eigenvalue weighted by Gasteiger charge is -2.37. The Morgan fingerprint density at radius 2 is 1.70 bits per heavy atom. The van der Waals surface area contributed by atoms with Gasteiger partial charge in [0, 0.05) is 11.7 Å². The minimum atomic E-state index is 0.477. The van der Waals surface area contributed by atoms with Crippen molar-refractivity contribution in [2.75, 3.05) is 5.32 Å². The quantitative estimate of drug-likeness (QED) is 0.746. The zero-order valence-electron chi connectivity index (χ0n) is 13.7. The van der Waals surface area contributed by atoms with E-state index in [9.17, 15) is 0 Å². The van der Waals surface area contributed by atoms with Crippen LogP contribution >= 0.6 is 0 Å². The van der Waals surface area contributed by atoms with Gasteiger partial charge in [0.25, 0.3) is 0 Å². The first-order valence-corrected chi connectivity index (χ1v) is 8.35. The number of rotatable bonds is 4. The highest BCUT2D eigenvalue weighted by Crippen LogP contribution is 2.38. The molecule has 2 rings (SSSR count). The van der Waals surface area contributed by atoms with Crippen LogP contribution in [0, 0.1) is 11.3 Å². The SMILES string of the molecule is CCCc1ccccc1NC1CCC(C(C)(C)C)CC1. The smallest absolute Gasteiger partial charge is 0.0374 e. The molecule has 1 heteroatoms. The molecule has 1 aliphatic rings. The Hall–Kier alpha value is -0.980. The first kappa shape index (κ1) is 15.4. The molecule has 20 heavy (non-hydrogen) atoms. The second kappa shape index (κ2) is 6.65. The van der Waals surface area contributed by atoms with Gasteiger partial charge < -0.3 is 5.32 Å². The van der Waals surface area contributed by atoms with Crippen molar-refractivity contribution in [3.05, 3.63) is 29.8 Å². The Bertz CT molecular complexity index is 408. The molecule has 0 unspecified atom stereocenters. The van der Waals surface area contributed by atoms with Gasteiger partial charge in [0.05, 0.1) is 0 Å². The van der Waals surface area contributed by atoms with Crippen LogP contribution in [0.15, 0.2) is 24.3 Å². The Kier molecular flexibility index (Phi) is 5.12. The van der Waals surface area contributed by atoms with E-state index in [2.05, 4.69) is 57.3 Å². The van der Waals surface area contributed by atoms with E-state index in [-0.39, 0.29) is 0 Å². The van der Waals surface area contributed by atoms with Crippen molar-refractivity contribution in [1.29, 1.82) is 0 Å². The molecule has 0 bridgehead atoms. The van der Waals surface area contributed by atoms with Crippen LogP contribution in [0.25, 0.3) is 0 Å². The van der Waals surface area contributed by atoms with E-state index in [4.69, 9.17) is 0 Å². The van der Waals surface area contributed by atoms with E-state index in [0.717, 1.165) is 5.92 Å². The summed E-state index contributed by atoms with van der Waals surface area (Å²) in [6, 6.07) is 9.51. The maximum Gasteiger partial charge on any atom is 0.0374 e. The van der Waals surface area contributed by atoms with Crippen LogP contribution in [0.1, 0.15) is 65.4 Å². The largest absolute Gasteiger partial charge is 0.382 e. The molecule has 1 aromatic carbocycles. The third kappa shape index (κ3) is 4.01. The highest BCUT2D eigenvalue weighted by atomic mass is 14.9. The molecule has 1 fully saturated rings. The summed E-state index contributed by atoms with van der Waals surface area (Å²) in [6.07, 6.45) is 7.79. The number of anilines is 1. The Balaban J connectivity index is 1.93. The summed E-state index contributed by atoms with van der Waals surface area (Å²) in [4.78, 5) is 0. The highest BCUT2D eigenvalue weighted by molar-refractivity contribution is 5.51. The van der Waals surface area contributed by atoms with E-state index in [1.807, 2.05) is 0 Å². The average Bonchev–Trinajstić information content (AvgIpc) is 2.41. The third-order valence-electron chi connectivity index (χ3n) is 4.85. The van der Waals surface area contributed by atoms with Gasteiger partial charge in [0.2, 0.25) is 0 Å². The zero-order valence-corrected chi connectivity index (χ0v) is 13.7. The molecule has 1 N–H and O–H groups in total. The summed E-state index contributed by atoms with van der Waals surface area (Å²) in [5, 5.41) is 3.81. The molecule has 1 aromatic rings. The van der Waals surface area contributed by atoms with Gasteiger partial charge in [-0.05, 0) is 55.1 Å². The van der Waals surface area contributed by atoms with Gasteiger partial charge in [-0.25, -0.2) is 0 Å². The van der Waals surface area contributed by atoms with Crippen LogP contribution in [0.2, 0.25) is 0 Å². The second-order valence-electron chi connectivity index (χ2n) is 7.47. The fraction of sp³-hybridized carbons (Fsp3) is 0.684. The van der Waals surface area contributed by atoms with E-state index < -0.39 is 0 Å². The molecule has 0 spiro atoms. The highest BCUT2D eigenvalue weighted by Gasteiger charge is 2.29. The van der Waals surface area contributed by atoms with Crippen molar-refractivity contribution >= 4 is 5.69 Å². The third-order valence-corrected chi connectivity index (χ3v) is 4.85. The molecule has 1 saturated carbocycles. The van der Waals surface area contributed by atoms with Gasteiger partial charge in [-0.3, -0.25) is 0 Å². The summed E-state index contributed by atoms with van der Waals surface area (Å²) in [5.41, 5.74) is 3.33. The van der Waals surface area contributed by atoms with Gasteiger partial charge in [-0.2, -0.15) is 0 Å². The number of nitrogens with one attached hydrogen (secondary N) is 1. The fourth-order valence-corrected chi connectivity index (χ4v) is 3.47. The summed E-state index contributed by atoms with van der Waals surface area (Å²) >= 11 is 0. The maximum atomic E-state index is 3.81. The molecular weight excluding hydrogens is 242 g/mol. The maximum absolute atomic E-state index is 3.81. The minimum Gasteiger partial charge on any atom is -0.382 e. The molecule has 0 radical (unpaired) electrons. The van der Waals surface area contributed by atoms with Crippen molar-refractivity contribution in [3.63, 3.8) is 0 Å². The summed E-state index contributed by atoms with van der Waals surface area (Å²) in [5.74, 6) is 0.895. The van der Waals surface area contributed by atoms with Gasteiger partial charge in [-0.15, -0.1) is 0 Å². The molecule has 0 amide bonds. The zero-order chi connectivity index (χ0) is 14.6. The monoisotopic (exact) mass is 273 g/mol. The molecular formula is C19H31N. The molecule has 0 saturated heterocycles. The molecule has 0 aromatic heterocycles. The van der Waals surface area contributed by atoms with Crippen LogP contribution in [0.3, 0.4) is 0 Å². The van der Waals surface area contributed by atoms with Crippen LogP contribution in [0.5, 0.6) is 0 Å². The van der Waals surface area contributed by atoms with Crippen LogP contribution in [0.4, 0.5) is 5.69 Å². The number of hydrogen-bond acceptors (Lipinski definition) is 1. The van der Waals surface area contributed by atoms with E-state index in [0.29, 0.717) is 11.5 Å². The molecule has 1 nitrogen and oxygen atoms in total. The summed E-state index contributed by atoms with van der Waals surface area (Å²) in [7, 11) is 0. The number of hydrogen-bond donors (Lipinski definition) is 1. The fourth-order valence-electron chi connectivity index (χ4n) is 3.47. The van der Waals surface area contributed by atoms with Crippen molar-refractivity contribution in [2.24, 2.45) is 11.3 Å². The number of benzene rings is 1. The second-order valence-corrected chi connectivity index (χ2v) is 7.47. The van der Waals surface area contributed by atoms with Crippen LogP contribution in [-0.4, -0.2) is 6.04 Å². The number of para-hydroxylation sites is 1. The van der Waals surface area contributed by atoms with Crippen LogP contribution in [-0.2, 0) is 6.42 Å². The van der Waals surface area contributed by atoms with Gasteiger partial charge in [0.1, 0.15) is 0 Å². The Morgan fingerprint density at radius 3 is 2.30 bits per heavy atom. The molecule has 0 atom stereocenters. The van der Waals surface area contributed by atoms with Gasteiger partial charge >= 0.3 is 0 Å².